The summed E-state index contributed by atoms with van der Waals surface area (Å²) in [5.74, 6) is 0.294. The van der Waals surface area contributed by atoms with Gasteiger partial charge in [0.1, 0.15) is 18.3 Å². The number of rotatable bonds is 3. The molecule has 0 amide bonds. The molecular weight excluding hydrogens is 346 g/mol. The molecule has 7 N–H and O–H groups in total. The summed E-state index contributed by atoms with van der Waals surface area (Å²) in [6, 6.07) is 0. The molecule has 0 saturated carbocycles. The van der Waals surface area contributed by atoms with Crippen LogP contribution in [0.1, 0.15) is 6.23 Å². The summed E-state index contributed by atoms with van der Waals surface area (Å²) < 4.78 is 7.10. The second-order valence-electron chi connectivity index (χ2n) is 6.37. The van der Waals surface area contributed by atoms with Crippen molar-refractivity contribution in [1.82, 2.24) is 24.8 Å². The lowest BCUT2D eigenvalue weighted by atomic mass is 10.1. The molecule has 0 aliphatic carbocycles. The summed E-state index contributed by atoms with van der Waals surface area (Å²) in [6.45, 7) is 2.26. The minimum absolute atomic E-state index is 0.0606. The third kappa shape index (κ3) is 2.62. The monoisotopic (exact) mass is 367 g/mol. The fourth-order valence-electron chi connectivity index (χ4n) is 3.40. The second kappa shape index (κ2) is 6.48. The molecule has 2 aliphatic heterocycles. The Morgan fingerprint density at radius 1 is 1.23 bits per heavy atom. The number of fused-ring (bicyclic) bond motifs is 1. The van der Waals surface area contributed by atoms with Crippen LogP contribution in [-0.4, -0.2) is 85.9 Å². The first-order valence-corrected chi connectivity index (χ1v) is 8.37. The molecule has 0 spiro atoms. The average molecular weight is 367 g/mol. The standard InChI is InChI=1S/C14H21N7O5/c15-13-18-10-7(11(25)19-13)17-14(20-3-1-16-2-4-20)21(10)12-9(24)8(23)6(5-22)26-12/h6,8-9,12,16,22-24H,1-5H2,(H3,15,18,19,25). The number of nitrogens with zero attached hydrogens (tertiary/aromatic N) is 4. The fraction of sp³-hybridized carbons (Fsp3) is 0.643. The first-order chi connectivity index (χ1) is 12.5. The first-order valence-electron chi connectivity index (χ1n) is 8.37. The van der Waals surface area contributed by atoms with Crippen molar-refractivity contribution in [1.29, 1.82) is 0 Å². The number of imidazole rings is 1. The van der Waals surface area contributed by atoms with Gasteiger partial charge in [-0.3, -0.25) is 14.3 Å². The smallest absolute Gasteiger partial charge is 0.280 e. The Morgan fingerprint density at radius 3 is 2.62 bits per heavy atom. The molecule has 12 heteroatoms. The maximum Gasteiger partial charge on any atom is 0.280 e. The molecule has 4 rings (SSSR count). The number of aliphatic hydroxyl groups excluding tert-OH is 3. The number of nitrogen functional groups attached to an aromatic ring is 1. The van der Waals surface area contributed by atoms with Crippen molar-refractivity contribution >= 4 is 23.1 Å². The van der Waals surface area contributed by atoms with E-state index in [0.717, 1.165) is 13.1 Å². The summed E-state index contributed by atoms with van der Waals surface area (Å²) in [5.41, 5.74) is 5.37. The van der Waals surface area contributed by atoms with Gasteiger partial charge in [0, 0.05) is 26.2 Å². The predicted molar refractivity (Wildman–Crippen MR) is 90.7 cm³/mol. The fourth-order valence-corrected chi connectivity index (χ4v) is 3.40. The topological polar surface area (TPSA) is 175 Å². The van der Waals surface area contributed by atoms with Gasteiger partial charge in [-0.15, -0.1) is 0 Å². The molecule has 2 aromatic heterocycles. The highest BCUT2D eigenvalue weighted by Gasteiger charge is 2.45. The van der Waals surface area contributed by atoms with E-state index in [1.54, 1.807) is 0 Å². The van der Waals surface area contributed by atoms with Gasteiger partial charge in [0.15, 0.2) is 17.4 Å². The number of hydrogen-bond acceptors (Lipinski definition) is 10. The van der Waals surface area contributed by atoms with Crippen LogP contribution in [0.2, 0.25) is 0 Å². The van der Waals surface area contributed by atoms with E-state index in [9.17, 15) is 20.1 Å². The van der Waals surface area contributed by atoms with Crippen LogP contribution < -0.4 is 21.5 Å². The van der Waals surface area contributed by atoms with Crippen LogP contribution in [0.15, 0.2) is 4.79 Å². The van der Waals surface area contributed by atoms with Crippen LogP contribution in [0.4, 0.5) is 11.9 Å². The number of aliphatic hydroxyl groups is 3. The van der Waals surface area contributed by atoms with Gasteiger partial charge in [-0.25, -0.2) is 4.98 Å². The number of anilines is 2. The number of H-pyrrole nitrogens is 1. The van der Waals surface area contributed by atoms with Crippen LogP contribution in [-0.2, 0) is 4.74 Å². The van der Waals surface area contributed by atoms with E-state index in [1.165, 1.54) is 4.57 Å². The normalized spacial score (nSPS) is 29.6. The van der Waals surface area contributed by atoms with E-state index >= 15 is 0 Å². The van der Waals surface area contributed by atoms with Gasteiger partial charge in [-0.05, 0) is 0 Å². The quantitative estimate of drug-likeness (QED) is 0.323. The summed E-state index contributed by atoms with van der Waals surface area (Å²) in [7, 11) is 0. The van der Waals surface area contributed by atoms with E-state index in [-0.39, 0.29) is 17.1 Å². The molecule has 4 atom stereocenters. The number of nitrogens with two attached hydrogens (primary N) is 1. The first kappa shape index (κ1) is 17.2. The number of aromatic amines is 1. The molecular formula is C14H21N7O5. The summed E-state index contributed by atoms with van der Waals surface area (Å²) in [5, 5.41) is 33.1. The number of aromatic nitrogens is 4. The van der Waals surface area contributed by atoms with E-state index in [2.05, 4.69) is 20.3 Å². The molecule has 2 aromatic rings. The second-order valence-corrected chi connectivity index (χ2v) is 6.37. The van der Waals surface area contributed by atoms with Gasteiger partial charge < -0.3 is 36.0 Å². The van der Waals surface area contributed by atoms with Gasteiger partial charge in [-0.1, -0.05) is 0 Å². The van der Waals surface area contributed by atoms with Crippen molar-refractivity contribution in [3.05, 3.63) is 10.4 Å². The Balaban J connectivity index is 1.89. The molecule has 2 aliphatic rings. The minimum Gasteiger partial charge on any atom is -0.394 e. The van der Waals surface area contributed by atoms with Crippen LogP contribution in [0.5, 0.6) is 0 Å². The molecule has 26 heavy (non-hydrogen) atoms. The van der Waals surface area contributed by atoms with E-state index in [1.807, 2.05) is 4.90 Å². The molecule has 0 bridgehead atoms. The molecule has 2 saturated heterocycles. The zero-order chi connectivity index (χ0) is 18.4. The molecule has 0 aromatic carbocycles. The zero-order valence-electron chi connectivity index (χ0n) is 13.9. The van der Waals surface area contributed by atoms with E-state index < -0.39 is 36.7 Å². The molecule has 4 unspecified atom stereocenters. The molecule has 0 radical (unpaired) electrons. The van der Waals surface area contributed by atoms with Crippen molar-refractivity contribution in [2.45, 2.75) is 24.5 Å². The van der Waals surface area contributed by atoms with Crippen LogP contribution >= 0.6 is 0 Å². The SMILES string of the molecule is Nc1nc2c(nc(N3CCNCC3)n2C2OC(CO)C(O)C2O)c(=O)[nH]1. The van der Waals surface area contributed by atoms with E-state index in [0.29, 0.717) is 19.0 Å². The predicted octanol–water partition coefficient (Wildman–Crippen LogP) is -3.28. The van der Waals surface area contributed by atoms with Crippen molar-refractivity contribution in [3.8, 4) is 0 Å². The minimum atomic E-state index is -1.33. The van der Waals surface area contributed by atoms with Gasteiger partial charge in [-0.2, -0.15) is 4.98 Å². The van der Waals surface area contributed by atoms with Gasteiger partial charge in [0.2, 0.25) is 11.9 Å². The van der Waals surface area contributed by atoms with Gasteiger partial charge in [0.05, 0.1) is 6.61 Å². The maximum atomic E-state index is 12.3. The van der Waals surface area contributed by atoms with E-state index in [4.69, 9.17) is 10.5 Å². The lowest BCUT2D eigenvalue weighted by molar-refractivity contribution is -0.0504. The number of nitrogens with one attached hydrogen (secondary N) is 2. The van der Waals surface area contributed by atoms with Crippen molar-refractivity contribution in [2.75, 3.05) is 43.4 Å². The van der Waals surface area contributed by atoms with Crippen molar-refractivity contribution in [2.24, 2.45) is 0 Å². The lowest BCUT2D eigenvalue weighted by Crippen LogP contribution is -2.45. The lowest BCUT2D eigenvalue weighted by Gasteiger charge is -2.30. The average Bonchev–Trinajstić information content (AvgIpc) is 3.14. The summed E-state index contributed by atoms with van der Waals surface area (Å²) in [6.07, 6.45) is -4.63. The number of ether oxygens (including phenoxy) is 1. The summed E-state index contributed by atoms with van der Waals surface area (Å²) >= 11 is 0. The molecule has 2 fully saturated rings. The van der Waals surface area contributed by atoms with Gasteiger partial charge in [0.25, 0.3) is 5.56 Å². The van der Waals surface area contributed by atoms with Crippen LogP contribution in [0, 0.1) is 0 Å². The highest BCUT2D eigenvalue weighted by molar-refractivity contribution is 5.75. The van der Waals surface area contributed by atoms with Crippen LogP contribution in [0.3, 0.4) is 0 Å². The highest BCUT2D eigenvalue weighted by Crippen LogP contribution is 2.35. The van der Waals surface area contributed by atoms with Crippen LogP contribution in [0.25, 0.3) is 11.2 Å². The Bertz CT molecular complexity index is 861. The van der Waals surface area contributed by atoms with Gasteiger partial charge >= 0.3 is 0 Å². The maximum absolute atomic E-state index is 12.3. The highest BCUT2D eigenvalue weighted by atomic mass is 16.6. The van der Waals surface area contributed by atoms with Crippen molar-refractivity contribution in [3.63, 3.8) is 0 Å². The zero-order valence-corrected chi connectivity index (χ0v) is 13.9. The third-order valence-corrected chi connectivity index (χ3v) is 4.72. The molecule has 4 heterocycles. The Kier molecular flexibility index (Phi) is 4.28. The molecule has 12 nitrogen and oxygen atoms in total. The number of piperazine rings is 1. The Morgan fingerprint density at radius 2 is 1.96 bits per heavy atom. The summed E-state index contributed by atoms with van der Waals surface area (Å²) in [4.78, 5) is 25.1. The largest absolute Gasteiger partial charge is 0.394 e. The Hall–Kier alpha value is -2.25. The van der Waals surface area contributed by atoms with Crippen molar-refractivity contribution < 1.29 is 20.1 Å². The Labute approximate surface area is 147 Å². The molecule has 142 valence electrons. The number of hydrogen-bond donors (Lipinski definition) is 6. The third-order valence-electron chi connectivity index (χ3n) is 4.72.